The van der Waals surface area contributed by atoms with Gasteiger partial charge in [0.15, 0.2) is 11.5 Å². The number of benzene rings is 3. The van der Waals surface area contributed by atoms with Crippen molar-refractivity contribution < 1.29 is 23.5 Å². The van der Waals surface area contributed by atoms with Crippen molar-refractivity contribution in [2.45, 2.75) is 13.2 Å². The lowest BCUT2D eigenvalue weighted by molar-refractivity contribution is -0.123. The van der Waals surface area contributed by atoms with E-state index in [1.54, 1.807) is 54.6 Å². The Hall–Kier alpha value is -3.29. The standard InChI is InChI=1S/C25H19ClFNO4S/c1-31-22-12-17(8-11-21(22)32-15-16-6-9-19(26)10-7-16)13-23-24(29)28(25(30)33-23)14-18-4-2-3-5-20(18)27/h2-13H,14-15H2,1H3/b23-13+. The van der Waals surface area contributed by atoms with E-state index < -0.39 is 17.0 Å². The Balaban J connectivity index is 1.49. The fourth-order valence-electron chi connectivity index (χ4n) is 3.22. The van der Waals surface area contributed by atoms with E-state index in [-0.39, 0.29) is 17.0 Å². The summed E-state index contributed by atoms with van der Waals surface area (Å²) >= 11 is 6.73. The first-order chi connectivity index (χ1) is 15.9. The highest BCUT2D eigenvalue weighted by molar-refractivity contribution is 8.18. The minimum Gasteiger partial charge on any atom is -0.493 e. The number of amides is 2. The Labute approximate surface area is 199 Å². The number of rotatable bonds is 7. The minimum atomic E-state index is -0.463. The number of ether oxygens (including phenoxy) is 2. The molecule has 168 valence electrons. The van der Waals surface area contributed by atoms with Gasteiger partial charge in [-0.1, -0.05) is 48.0 Å². The van der Waals surface area contributed by atoms with Crippen molar-refractivity contribution in [2.75, 3.05) is 7.11 Å². The van der Waals surface area contributed by atoms with Gasteiger partial charge in [-0.15, -0.1) is 0 Å². The Morgan fingerprint density at radius 3 is 2.52 bits per heavy atom. The molecule has 0 aliphatic carbocycles. The summed E-state index contributed by atoms with van der Waals surface area (Å²) in [6.07, 6.45) is 1.61. The zero-order chi connectivity index (χ0) is 23.4. The Morgan fingerprint density at radius 1 is 1.03 bits per heavy atom. The number of halogens is 2. The molecule has 8 heteroatoms. The van der Waals surface area contributed by atoms with Gasteiger partial charge in [-0.3, -0.25) is 14.5 Å². The molecule has 0 unspecified atom stereocenters. The van der Waals surface area contributed by atoms with Gasteiger partial charge >= 0.3 is 0 Å². The molecule has 5 nitrogen and oxygen atoms in total. The summed E-state index contributed by atoms with van der Waals surface area (Å²) in [6.45, 7) is 0.220. The molecule has 0 N–H and O–H groups in total. The van der Waals surface area contributed by atoms with Crippen molar-refractivity contribution in [3.8, 4) is 11.5 Å². The average molecular weight is 484 g/mol. The molecule has 1 fully saturated rings. The van der Waals surface area contributed by atoms with E-state index in [0.29, 0.717) is 28.7 Å². The lowest BCUT2D eigenvalue weighted by atomic mass is 10.1. The van der Waals surface area contributed by atoms with Gasteiger partial charge in [0.1, 0.15) is 12.4 Å². The van der Waals surface area contributed by atoms with E-state index in [0.717, 1.165) is 22.2 Å². The second-order valence-corrected chi connectivity index (χ2v) is 8.61. The van der Waals surface area contributed by atoms with Crippen LogP contribution in [0.4, 0.5) is 9.18 Å². The molecular weight excluding hydrogens is 465 g/mol. The Kier molecular flexibility index (Phi) is 7.01. The molecule has 1 aliphatic heterocycles. The van der Waals surface area contributed by atoms with Crippen molar-refractivity contribution in [3.05, 3.63) is 99.2 Å². The molecule has 0 aromatic heterocycles. The first kappa shape index (κ1) is 22.9. The number of hydrogen-bond acceptors (Lipinski definition) is 5. The first-order valence-electron chi connectivity index (χ1n) is 9.98. The molecular formula is C25H19ClFNO4S. The Bertz CT molecular complexity index is 1230. The molecule has 33 heavy (non-hydrogen) atoms. The SMILES string of the molecule is COc1cc(/C=C2/SC(=O)N(Cc3ccccc3F)C2=O)ccc1OCc1ccc(Cl)cc1. The number of carbonyl (C=O) groups is 2. The van der Waals surface area contributed by atoms with Crippen molar-refractivity contribution in [1.82, 2.24) is 4.90 Å². The number of thioether (sulfide) groups is 1. The fourth-order valence-corrected chi connectivity index (χ4v) is 4.18. The maximum absolute atomic E-state index is 13.9. The third-order valence-electron chi connectivity index (χ3n) is 4.95. The number of hydrogen-bond donors (Lipinski definition) is 0. The summed E-state index contributed by atoms with van der Waals surface area (Å²) in [5.74, 6) is 0.107. The van der Waals surface area contributed by atoms with Crippen LogP contribution >= 0.6 is 23.4 Å². The molecule has 3 aromatic rings. The summed E-state index contributed by atoms with van der Waals surface area (Å²) in [6, 6.07) is 18.6. The van der Waals surface area contributed by atoms with Gasteiger partial charge in [-0.05, 0) is 59.3 Å². The molecule has 0 bridgehead atoms. The topological polar surface area (TPSA) is 55.8 Å². The highest BCUT2D eigenvalue weighted by atomic mass is 35.5. The highest BCUT2D eigenvalue weighted by Crippen LogP contribution is 2.35. The highest BCUT2D eigenvalue weighted by Gasteiger charge is 2.35. The number of imide groups is 1. The molecule has 4 rings (SSSR count). The van der Waals surface area contributed by atoms with Crippen LogP contribution in [0, 0.1) is 5.82 Å². The smallest absolute Gasteiger partial charge is 0.293 e. The van der Waals surface area contributed by atoms with E-state index in [9.17, 15) is 14.0 Å². The van der Waals surface area contributed by atoms with Crippen LogP contribution in [0.2, 0.25) is 5.02 Å². The summed E-state index contributed by atoms with van der Waals surface area (Å²) < 4.78 is 25.2. The second kappa shape index (κ2) is 10.1. The van der Waals surface area contributed by atoms with Crippen LogP contribution in [0.25, 0.3) is 6.08 Å². The van der Waals surface area contributed by atoms with Gasteiger partial charge in [0.05, 0.1) is 18.6 Å². The van der Waals surface area contributed by atoms with E-state index in [1.165, 1.54) is 13.2 Å². The molecule has 0 atom stereocenters. The Morgan fingerprint density at radius 2 is 1.79 bits per heavy atom. The molecule has 2 amide bonds. The van der Waals surface area contributed by atoms with Gasteiger partial charge in [0.25, 0.3) is 11.1 Å². The monoisotopic (exact) mass is 483 g/mol. The number of methoxy groups -OCH3 is 1. The summed E-state index contributed by atoms with van der Waals surface area (Å²) in [4.78, 5) is 26.4. The lowest BCUT2D eigenvalue weighted by Gasteiger charge is -2.13. The predicted octanol–water partition coefficient (Wildman–Crippen LogP) is 6.30. The number of nitrogens with zero attached hydrogens (tertiary/aromatic N) is 1. The van der Waals surface area contributed by atoms with E-state index >= 15 is 0 Å². The van der Waals surface area contributed by atoms with Gasteiger partial charge in [-0.25, -0.2) is 4.39 Å². The maximum atomic E-state index is 13.9. The summed E-state index contributed by atoms with van der Waals surface area (Å²) in [5.41, 5.74) is 1.90. The van der Waals surface area contributed by atoms with Crippen LogP contribution < -0.4 is 9.47 Å². The average Bonchev–Trinajstić information content (AvgIpc) is 3.07. The summed E-state index contributed by atoms with van der Waals surface area (Å²) in [7, 11) is 1.52. The zero-order valence-electron chi connectivity index (χ0n) is 17.6. The molecule has 1 aliphatic rings. The molecule has 0 saturated carbocycles. The lowest BCUT2D eigenvalue weighted by Crippen LogP contribution is -2.27. The second-order valence-electron chi connectivity index (χ2n) is 7.18. The van der Waals surface area contributed by atoms with Crippen LogP contribution in [0.1, 0.15) is 16.7 Å². The third-order valence-corrected chi connectivity index (χ3v) is 6.11. The van der Waals surface area contributed by atoms with Crippen LogP contribution in [-0.4, -0.2) is 23.2 Å². The van der Waals surface area contributed by atoms with E-state index in [2.05, 4.69) is 0 Å². The van der Waals surface area contributed by atoms with Crippen LogP contribution in [-0.2, 0) is 17.9 Å². The minimum absolute atomic E-state index is 0.116. The zero-order valence-corrected chi connectivity index (χ0v) is 19.2. The molecule has 1 heterocycles. The van der Waals surface area contributed by atoms with Crippen molar-refractivity contribution in [2.24, 2.45) is 0 Å². The van der Waals surface area contributed by atoms with Crippen molar-refractivity contribution in [1.29, 1.82) is 0 Å². The van der Waals surface area contributed by atoms with E-state index in [1.807, 2.05) is 12.1 Å². The fraction of sp³-hybridized carbons (Fsp3) is 0.120. The molecule has 3 aromatic carbocycles. The van der Waals surface area contributed by atoms with E-state index in [4.69, 9.17) is 21.1 Å². The van der Waals surface area contributed by atoms with Gasteiger partial charge < -0.3 is 9.47 Å². The quantitative estimate of drug-likeness (QED) is 0.369. The van der Waals surface area contributed by atoms with Crippen LogP contribution in [0.5, 0.6) is 11.5 Å². The molecule has 0 spiro atoms. The van der Waals surface area contributed by atoms with Gasteiger partial charge in [0, 0.05) is 10.6 Å². The molecule has 1 saturated heterocycles. The van der Waals surface area contributed by atoms with Gasteiger partial charge in [-0.2, -0.15) is 0 Å². The largest absolute Gasteiger partial charge is 0.493 e. The van der Waals surface area contributed by atoms with Crippen LogP contribution in [0.15, 0.2) is 71.6 Å². The number of carbonyl (C=O) groups excluding carboxylic acids is 2. The van der Waals surface area contributed by atoms with Gasteiger partial charge in [0.2, 0.25) is 0 Å². The molecule has 0 radical (unpaired) electrons. The first-order valence-corrected chi connectivity index (χ1v) is 11.2. The normalized spacial score (nSPS) is 14.8. The van der Waals surface area contributed by atoms with Crippen LogP contribution in [0.3, 0.4) is 0 Å². The third kappa shape index (κ3) is 5.38. The van der Waals surface area contributed by atoms with Crippen molar-refractivity contribution in [3.63, 3.8) is 0 Å². The van der Waals surface area contributed by atoms with Crippen molar-refractivity contribution >= 4 is 40.6 Å². The predicted molar refractivity (Wildman–Crippen MR) is 127 cm³/mol. The maximum Gasteiger partial charge on any atom is 0.293 e. The summed E-state index contributed by atoms with van der Waals surface area (Å²) in [5, 5.41) is 0.211.